The van der Waals surface area contributed by atoms with Gasteiger partial charge >= 0.3 is 0 Å². The van der Waals surface area contributed by atoms with Crippen molar-refractivity contribution in [1.29, 1.82) is 0 Å². The number of carbonyl (C=O) groups excluding carboxylic acids is 1. The molecule has 1 unspecified atom stereocenters. The Morgan fingerprint density at radius 3 is 2.68 bits per heavy atom. The molecule has 0 bridgehead atoms. The molecule has 5 heteroatoms. The Labute approximate surface area is 135 Å². The van der Waals surface area contributed by atoms with Gasteiger partial charge in [0, 0.05) is 12.2 Å². The van der Waals surface area contributed by atoms with Crippen LogP contribution in [-0.2, 0) is 6.42 Å². The standard InChI is InChI=1S/C17H21N3OS/c1-12(9-10-14-7-5-4-6-8-14)19-16(21)15-11-18-17(22-3)20-13(15)2/h4-8,11-12H,9-10H2,1-3H3,(H,19,21). The summed E-state index contributed by atoms with van der Waals surface area (Å²) in [5.74, 6) is -0.106. The molecule has 0 saturated heterocycles. The molecule has 1 atom stereocenters. The Morgan fingerprint density at radius 2 is 2.05 bits per heavy atom. The van der Waals surface area contributed by atoms with Crippen molar-refractivity contribution in [3.8, 4) is 0 Å². The lowest BCUT2D eigenvalue weighted by Gasteiger charge is -2.14. The fourth-order valence-electron chi connectivity index (χ4n) is 2.17. The SMILES string of the molecule is CSc1ncc(C(=O)NC(C)CCc2ccccc2)c(C)n1. The average molecular weight is 315 g/mol. The highest BCUT2D eigenvalue weighted by molar-refractivity contribution is 7.98. The maximum atomic E-state index is 12.3. The van der Waals surface area contributed by atoms with Gasteiger partial charge in [-0.3, -0.25) is 4.79 Å². The highest BCUT2D eigenvalue weighted by Crippen LogP contribution is 2.12. The fraction of sp³-hybridized carbons (Fsp3) is 0.353. The van der Waals surface area contributed by atoms with E-state index < -0.39 is 0 Å². The van der Waals surface area contributed by atoms with Crippen LogP contribution in [0, 0.1) is 6.92 Å². The second-order valence-electron chi connectivity index (χ2n) is 5.25. The summed E-state index contributed by atoms with van der Waals surface area (Å²) in [6.45, 7) is 3.86. The first-order chi connectivity index (χ1) is 10.6. The number of nitrogens with zero attached hydrogens (tertiary/aromatic N) is 2. The number of thioether (sulfide) groups is 1. The van der Waals surface area contributed by atoms with Crippen molar-refractivity contribution in [3.05, 3.63) is 53.3 Å². The molecular weight excluding hydrogens is 294 g/mol. The van der Waals surface area contributed by atoms with Crippen LogP contribution in [0.4, 0.5) is 0 Å². The number of nitrogens with one attached hydrogen (secondary N) is 1. The second-order valence-corrected chi connectivity index (χ2v) is 6.03. The van der Waals surface area contributed by atoms with E-state index in [0.717, 1.165) is 12.8 Å². The zero-order chi connectivity index (χ0) is 15.9. The van der Waals surface area contributed by atoms with E-state index in [0.29, 0.717) is 16.4 Å². The van der Waals surface area contributed by atoms with Crippen LogP contribution in [-0.4, -0.2) is 28.2 Å². The van der Waals surface area contributed by atoms with E-state index in [1.807, 2.05) is 38.3 Å². The lowest BCUT2D eigenvalue weighted by molar-refractivity contribution is 0.0936. The zero-order valence-electron chi connectivity index (χ0n) is 13.2. The number of carbonyl (C=O) groups is 1. The molecule has 22 heavy (non-hydrogen) atoms. The van der Waals surface area contributed by atoms with Gasteiger partial charge in [0.1, 0.15) is 0 Å². The van der Waals surface area contributed by atoms with Crippen LogP contribution in [0.1, 0.15) is 35.0 Å². The van der Waals surface area contributed by atoms with Gasteiger partial charge in [-0.2, -0.15) is 0 Å². The van der Waals surface area contributed by atoms with Gasteiger partial charge in [0.25, 0.3) is 5.91 Å². The van der Waals surface area contributed by atoms with E-state index >= 15 is 0 Å². The van der Waals surface area contributed by atoms with Gasteiger partial charge in [0.05, 0.1) is 11.3 Å². The highest BCUT2D eigenvalue weighted by Gasteiger charge is 2.14. The molecule has 0 fully saturated rings. The third-order valence-electron chi connectivity index (χ3n) is 3.47. The predicted octanol–water partition coefficient (Wildman–Crippen LogP) is 3.26. The lowest BCUT2D eigenvalue weighted by Crippen LogP contribution is -2.33. The summed E-state index contributed by atoms with van der Waals surface area (Å²) in [7, 11) is 0. The number of hydrogen-bond acceptors (Lipinski definition) is 4. The molecule has 1 heterocycles. The second kappa shape index (κ2) is 7.94. The number of rotatable bonds is 6. The first kappa shape index (κ1) is 16.5. The zero-order valence-corrected chi connectivity index (χ0v) is 14.0. The lowest BCUT2D eigenvalue weighted by atomic mass is 10.1. The molecule has 0 spiro atoms. The molecule has 2 aromatic rings. The first-order valence-corrected chi connectivity index (χ1v) is 8.55. The maximum absolute atomic E-state index is 12.3. The van der Waals surface area contributed by atoms with Crippen LogP contribution < -0.4 is 5.32 Å². The van der Waals surface area contributed by atoms with Crippen molar-refractivity contribution in [2.24, 2.45) is 0 Å². The molecule has 1 N–H and O–H groups in total. The summed E-state index contributed by atoms with van der Waals surface area (Å²) in [5, 5.41) is 3.71. The number of benzene rings is 1. The Kier molecular flexibility index (Phi) is 5.95. The van der Waals surface area contributed by atoms with Gasteiger partial charge < -0.3 is 5.32 Å². The molecule has 2 rings (SSSR count). The van der Waals surface area contributed by atoms with E-state index in [4.69, 9.17) is 0 Å². The van der Waals surface area contributed by atoms with Crippen LogP contribution in [0.5, 0.6) is 0 Å². The Balaban J connectivity index is 1.91. The molecule has 0 radical (unpaired) electrons. The quantitative estimate of drug-likeness (QED) is 0.657. The molecule has 4 nitrogen and oxygen atoms in total. The monoisotopic (exact) mass is 315 g/mol. The summed E-state index contributed by atoms with van der Waals surface area (Å²) in [5.41, 5.74) is 2.55. The van der Waals surface area contributed by atoms with Crippen LogP contribution >= 0.6 is 11.8 Å². The Bertz CT molecular complexity index is 631. The van der Waals surface area contributed by atoms with Crippen molar-refractivity contribution < 1.29 is 4.79 Å². The van der Waals surface area contributed by atoms with E-state index in [1.165, 1.54) is 17.3 Å². The normalized spacial score (nSPS) is 12.0. The number of hydrogen-bond donors (Lipinski definition) is 1. The molecule has 1 aromatic heterocycles. The minimum atomic E-state index is -0.106. The minimum Gasteiger partial charge on any atom is -0.349 e. The molecule has 0 aliphatic carbocycles. The predicted molar refractivity (Wildman–Crippen MR) is 90.2 cm³/mol. The minimum absolute atomic E-state index is 0.104. The fourth-order valence-corrected chi connectivity index (χ4v) is 2.55. The molecule has 0 saturated carbocycles. The van der Waals surface area contributed by atoms with Gasteiger partial charge in [0.15, 0.2) is 5.16 Å². The first-order valence-electron chi connectivity index (χ1n) is 7.32. The average Bonchev–Trinajstić information content (AvgIpc) is 2.53. The van der Waals surface area contributed by atoms with Crippen molar-refractivity contribution in [2.75, 3.05) is 6.26 Å². The Hall–Kier alpha value is -1.88. The van der Waals surface area contributed by atoms with Crippen molar-refractivity contribution >= 4 is 17.7 Å². The van der Waals surface area contributed by atoms with Crippen molar-refractivity contribution in [1.82, 2.24) is 15.3 Å². The highest BCUT2D eigenvalue weighted by atomic mass is 32.2. The van der Waals surface area contributed by atoms with Gasteiger partial charge in [0.2, 0.25) is 0 Å². The topological polar surface area (TPSA) is 54.9 Å². The number of aromatic nitrogens is 2. The molecule has 1 amide bonds. The maximum Gasteiger partial charge on any atom is 0.254 e. The molecular formula is C17H21N3OS. The van der Waals surface area contributed by atoms with Gasteiger partial charge in [-0.05, 0) is 38.5 Å². The summed E-state index contributed by atoms with van der Waals surface area (Å²) in [6, 6.07) is 10.4. The van der Waals surface area contributed by atoms with Crippen molar-refractivity contribution in [3.63, 3.8) is 0 Å². The number of amides is 1. The Morgan fingerprint density at radius 1 is 1.32 bits per heavy atom. The van der Waals surface area contributed by atoms with E-state index in [-0.39, 0.29) is 11.9 Å². The van der Waals surface area contributed by atoms with Crippen LogP contribution in [0.3, 0.4) is 0 Å². The summed E-state index contributed by atoms with van der Waals surface area (Å²) in [6.07, 6.45) is 5.37. The third-order valence-corrected chi connectivity index (χ3v) is 4.03. The van der Waals surface area contributed by atoms with E-state index in [9.17, 15) is 4.79 Å². The molecule has 116 valence electrons. The number of aryl methyl sites for hydroxylation is 2. The smallest absolute Gasteiger partial charge is 0.254 e. The summed E-state index contributed by atoms with van der Waals surface area (Å²) < 4.78 is 0. The molecule has 0 aliphatic heterocycles. The van der Waals surface area contributed by atoms with E-state index in [2.05, 4.69) is 27.4 Å². The molecule has 0 aliphatic rings. The van der Waals surface area contributed by atoms with Crippen LogP contribution in [0.15, 0.2) is 41.7 Å². The molecule has 1 aromatic carbocycles. The largest absolute Gasteiger partial charge is 0.349 e. The van der Waals surface area contributed by atoms with Crippen LogP contribution in [0.2, 0.25) is 0 Å². The third kappa shape index (κ3) is 4.56. The van der Waals surface area contributed by atoms with E-state index in [1.54, 1.807) is 6.20 Å². The van der Waals surface area contributed by atoms with Crippen LogP contribution in [0.25, 0.3) is 0 Å². The summed E-state index contributed by atoms with van der Waals surface area (Å²) in [4.78, 5) is 20.8. The van der Waals surface area contributed by atoms with Crippen molar-refractivity contribution in [2.45, 2.75) is 37.9 Å². The summed E-state index contributed by atoms with van der Waals surface area (Å²) >= 11 is 1.47. The van der Waals surface area contributed by atoms with Gasteiger partial charge in [-0.15, -0.1) is 0 Å². The van der Waals surface area contributed by atoms with Gasteiger partial charge in [-0.25, -0.2) is 9.97 Å². The van der Waals surface area contributed by atoms with Gasteiger partial charge in [-0.1, -0.05) is 42.1 Å².